The molecular formula is C7H12N2OS3. The van der Waals surface area contributed by atoms with E-state index >= 15 is 0 Å². The van der Waals surface area contributed by atoms with Crippen molar-refractivity contribution in [3.05, 3.63) is 0 Å². The lowest BCUT2D eigenvalue weighted by atomic mass is 10.2. The molecule has 0 amide bonds. The molecule has 1 heterocycles. The maximum atomic E-state index is 8.81. The van der Waals surface area contributed by atoms with E-state index in [-0.39, 0.29) is 6.61 Å². The molecule has 74 valence electrons. The van der Waals surface area contributed by atoms with E-state index in [9.17, 15) is 0 Å². The summed E-state index contributed by atoms with van der Waals surface area (Å²) in [7, 11) is 0. The molecule has 0 saturated heterocycles. The summed E-state index contributed by atoms with van der Waals surface area (Å²) in [5, 5.41) is 16.8. The number of hydrogen-bond donors (Lipinski definition) is 1. The predicted octanol–water partition coefficient (Wildman–Crippen LogP) is 1.98. The maximum absolute atomic E-state index is 8.81. The van der Waals surface area contributed by atoms with E-state index in [0.717, 1.165) is 14.4 Å². The van der Waals surface area contributed by atoms with Crippen LogP contribution in [0, 0.1) is 5.92 Å². The average Bonchev–Trinajstić information content (AvgIpc) is 2.61. The van der Waals surface area contributed by atoms with Crippen LogP contribution in [0.1, 0.15) is 6.92 Å². The number of aliphatic hydroxyl groups excluding tert-OH is 1. The fourth-order valence-corrected chi connectivity index (χ4v) is 3.08. The van der Waals surface area contributed by atoms with Gasteiger partial charge in [-0.3, -0.25) is 0 Å². The Hall–Kier alpha value is 0.220. The van der Waals surface area contributed by atoms with Crippen LogP contribution in [0.25, 0.3) is 0 Å². The zero-order valence-electron chi connectivity index (χ0n) is 7.56. The number of rotatable bonds is 5. The van der Waals surface area contributed by atoms with Gasteiger partial charge < -0.3 is 5.11 Å². The van der Waals surface area contributed by atoms with Crippen LogP contribution in [0.5, 0.6) is 0 Å². The number of nitrogens with zero attached hydrogens (tertiary/aromatic N) is 2. The Kier molecular flexibility index (Phi) is 5.08. The highest BCUT2D eigenvalue weighted by molar-refractivity contribution is 8.02. The van der Waals surface area contributed by atoms with Crippen molar-refractivity contribution in [2.75, 3.05) is 18.6 Å². The van der Waals surface area contributed by atoms with Crippen molar-refractivity contribution in [3.8, 4) is 0 Å². The van der Waals surface area contributed by atoms with Gasteiger partial charge in [-0.2, -0.15) is 0 Å². The van der Waals surface area contributed by atoms with Crippen LogP contribution in [-0.4, -0.2) is 33.9 Å². The predicted molar refractivity (Wildman–Crippen MR) is 58.7 cm³/mol. The molecule has 3 nitrogen and oxygen atoms in total. The number of aliphatic hydroxyl groups is 1. The Morgan fingerprint density at radius 3 is 2.69 bits per heavy atom. The minimum atomic E-state index is 0.237. The largest absolute Gasteiger partial charge is 0.396 e. The fraction of sp³-hybridized carbons (Fsp3) is 0.714. The molecule has 0 aliphatic carbocycles. The number of aromatic nitrogens is 2. The molecule has 1 N–H and O–H groups in total. The van der Waals surface area contributed by atoms with Gasteiger partial charge in [-0.05, 0) is 12.2 Å². The van der Waals surface area contributed by atoms with Crippen molar-refractivity contribution >= 4 is 34.9 Å². The molecule has 0 aromatic carbocycles. The van der Waals surface area contributed by atoms with Crippen molar-refractivity contribution in [1.29, 1.82) is 0 Å². The molecule has 0 spiro atoms. The summed E-state index contributed by atoms with van der Waals surface area (Å²) in [5.41, 5.74) is 0. The molecule has 13 heavy (non-hydrogen) atoms. The molecule has 1 unspecified atom stereocenters. The molecule has 0 aliphatic heterocycles. The minimum absolute atomic E-state index is 0.237. The Bertz CT molecular complexity index is 254. The molecule has 1 atom stereocenters. The lowest BCUT2D eigenvalue weighted by molar-refractivity contribution is 0.250. The van der Waals surface area contributed by atoms with Gasteiger partial charge in [0.25, 0.3) is 0 Å². The first-order chi connectivity index (χ1) is 6.26. The third kappa shape index (κ3) is 3.84. The van der Waals surface area contributed by atoms with Crippen LogP contribution in [0.3, 0.4) is 0 Å². The molecule has 6 heteroatoms. The Morgan fingerprint density at radius 2 is 2.15 bits per heavy atom. The first-order valence-corrected chi connectivity index (χ1v) is 6.90. The average molecular weight is 236 g/mol. The normalized spacial score (nSPS) is 13.2. The van der Waals surface area contributed by atoms with Gasteiger partial charge in [0.05, 0.1) is 0 Å². The molecule has 1 rings (SSSR count). The molecule has 0 aliphatic rings. The summed E-state index contributed by atoms with van der Waals surface area (Å²) in [6, 6.07) is 0. The van der Waals surface area contributed by atoms with Gasteiger partial charge in [0.1, 0.15) is 0 Å². The topological polar surface area (TPSA) is 46.0 Å². The second kappa shape index (κ2) is 5.85. The SMILES string of the molecule is CSc1nnc(SCC(C)CO)s1. The third-order valence-corrected chi connectivity index (χ3v) is 4.73. The maximum Gasteiger partial charge on any atom is 0.175 e. The summed E-state index contributed by atoms with van der Waals surface area (Å²) in [6.45, 7) is 2.25. The highest BCUT2D eigenvalue weighted by Gasteiger charge is 2.06. The van der Waals surface area contributed by atoms with Gasteiger partial charge in [-0.1, -0.05) is 41.8 Å². The summed E-state index contributed by atoms with van der Waals surface area (Å²) in [6.07, 6.45) is 1.99. The second-order valence-electron chi connectivity index (χ2n) is 2.64. The number of thioether (sulfide) groups is 2. The smallest absolute Gasteiger partial charge is 0.175 e. The summed E-state index contributed by atoms with van der Waals surface area (Å²) < 4.78 is 1.99. The second-order valence-corrected chi connectivity index (χ2v) is 5.93. The third-order valence-electron chi connectivity index (χ3n) is 1.37. The van der Waals surface area contributed by atoms with Gasteiger partial charge in [-0.25, -0.2) is 0 Å². The molecule has 0 fully saturated rings. The molecule has 0 radical (unpaired) electrons. The molecule has 1 aromatic heterocycles. The van der Waals surface area contributed by atoms with Crippen molar-refractivity contribution in [2.45, 2.75) is 15.6 Å². The van der Waals surface area contributed by atoms with Crippen LogP contribution in [0.2, 0.25) is 0 Å². The highest BCUT2D eigenvalue weighted by Crippen LogP contribution is 2.28. The van der Waals surface area contributed by atoms with E-state index in [1.165, 1.54) is 0 Å². The van der Waals surface area contributed by atoms with Crippen molar-refractivity contribution in [1.82, 2.24) is 10.2 Å². The van der Waals surface area contributed by atoms with E-state index in [0.29, 0.717) is 5.92 Å². The van der Waals surface area contributed by atoms with Crippen LogP contribution in [0.4, 0.5) is 0 Å². The molecule has 0 bridgehead atoms. The van der Waals surface area contributed by atoms with Crippen molar-refractivity contribution < 1.29 is 5.11 Å². The zero-order chi connectivity index (χ0) is 9.68. The van der Waals surface area contributed by atoms with E-state index in [1.54, 1.807) is 34.9 Å². The van der Waals surface area contributed by atoms with Crippen LogP contribution in [-0.2, 0) is 0 Å². The first kappa shape index (κ1) is 11.3. The van der Waals surface area contributed by atoms with E-state index in [1.807, 2.05) is 13.2 Å². The van der Waals surface area contributed by atoms with Crippen LogP contribution >= 0.6 is 34.9 Å². The van der Waals surface area contributed by atoms with Gasteiger partial charge in [-0.15, -0.1) is 10.2 Å². The Balaban J connectivity index is 2.36. The lowest BCUT2D eigenvalue weighted by Gasteiger charge is -2.03. The first-order valence-electron chi connectivity index (χ1n) is 3.87. The van der Waals surface area contributed by atoms with Gasteiger partial charge in [0, 0.05) is 12.4 Å². The summed E-state index contributed by atoms with van der Waals surface area (Å²) >= 11 is 4.88. The Labute approximate surface area is 90.3 Å². The quantitative estimate of drug-likeness (QED) is 0.792. The van der Waals surface area contributed by atoms with Gasteiger partial charge in [0.2, 0.25) is 0 Å². The zero-order valence-corrected chi connectivity index (χ0v) is 10.0. The fourth-order valence-electron chi connectivity index (χ4n) is 0.604. The summed E-state index contributed by atoms with van der Waals surface area (Å²) in [4.78, 5) is 0. The van der Waals surface area contributed by atoms with Gasteiger partial charge in [0.15, 0.2) is 8.68 Å². The highest BCUT2D eigenvalue weighted by atomic mass is 32.2. The van der Waals surface area contributed by atoms with Crippen LogP contribution in [0.15, 0.2) is 8.68 Å². The molecule has 0 saturated carbocycles. The van der Waals surface area contributed by atoms with E-state index in [4.69, 9.17) is 5.11 Å². The van der Waals surface area contributed by atoms with E-state index < -0.39 is 0 Å². The van der Waals surface area contributed by atoms with Gasteiger partial charge >= 0.3 is 0 Å². The van der Waals surface area contributed by atoms with Crippen LogP contribution < -0.4 is 0 Å². The van der Waals surface area contributed by atoms with Crippen molar-refractivity contribution in [3.63, 3.8) is 0 Å². The summed E-state index contributed by atoms with van der Waals surface area (Å²) in [5.74, 6) is 1.23. The van der Waals surface area contributed by atoms with Crippen molar-refractivity contribution in [2.24, 2.45) is 5.92 Å². The Morgan fingerprint density at radius 1 is 1.46 bits per heavy atom. The van der Waals surface area contributed by atoms with E-state index in [2.05, 4.69) is 10.2 Å². The standard InChI is InChI=1S/C7H12N2OS3/c1-5(3-10)4-12-7-9-8-6(11-2)13-7/h5,10H,3-4H2,1-2H3. The minimum Gasteiger partial charge on any atom is -0.396 e. The molecular weight excluding hydrogens is 224 g/mol. The lowest BCUT2D eigenvalue weighted by Crippen LogP contribution is -2.02. The number of hydrogen-bond acceptors (Lipinski definition) is 6. The monoisotopic (exact) mass is 236 g/mol. The molecule has 1 aromatic rings.